The van der Waals surface area contributed by atoms with Gasteiger partial charge >= 0.3 is 0 Å². The summed E-state index contributed by atoms with van der Waals surface area (Å²) in [5, 5.41) is 10.4. The lowest BCUT2D eigenvalue weighted by Gasteiger charge is -2.33. The number of benzene rings is 2. The van der Waals surface area contributed by atoms with Crippen LogP contribution in [0.2, 0.25) is 0 Å². The largest absolute Gasteiger partial charge is 0.387 e. The molecule has 0 aliphatic carbocycles. The van der Waals surface area contributed by atoms with Crippen molar-refractivity contribution in [2.45, 2.75) is 25.4 Å². The molecule has 2 N–H and O–H groups in total. The van der Waals surface area contributed by atoms with Crippen molar-refractivity contribution in [3.8, 4) is 0 Å². The number of sulfonamides is 1. The first-order valence-corrected chi connectivity index (χ1v) is 11.6. The first kappa shape index (κ1) is 21.0. The second-order valence-corrected chi connectivity index (χ2v) is 9.50. The average molecular weight is 403 g/mol. The Kier molecular flexibility index (Phi) is 7.62. The Morgan fingerprint density at radius 3 is 2.25 bits per heavy atom. The molecule has 0 bridgehead atoms. The molecule has 28 heavy (non-hydrogen) atoms. The van der Waals surface area contributed by atoms with E-state index in [-0.39, 0.29) is 5.75 Å². The van der Waals surface area contributed by atoms with E-state index in [9.17, 15) is 13.5 Å². The molecule has 2 aromatic rings. The molecule has 0 amide bonds. The fourth-order valence-electron chi connectivity index (χ4n) is 3.61. The maximum Gasteiger partial charge on any atom is 0.211 e. The zero-order chi connectivity index (χ0) is 19.8. The molecule has 152 valence electrons. The number of hydrogen-bond acceptors (Lipinski definition) is 4. The smallest absolute Gasteiger partial charge is 0.211 e. The molecule has 5 nitrogen and oxygen atoms in total. The van der Waals surface area contributed by atoms with Gasteiger partial charge < -0.3 is 10.0 Å². The highest BCUT2D eigenvalue weighted by Crippen LogP contribution is 2.20. The Hall–Kier alpha value is -1.73. The Balaban J connectivity index is 1.37. The summed E-state index contributed by atoms with van der Waals surface area (Å²) >= 11 is 0. The number of nitrogens with zero attached hydrogens (tertiary/aromatic N) is 1. The zero-order valence-electron chi connectivity index (χ0n) is 16.2. The topological polar surface area (TPSA) is 69.6 Å². The number of aliphatic hydroxyl groups excluding tert-OH is 1. The second kappa shape index (κ2) is 10.2. The summed E-state index contributed by atoms with van der Waals surface area (Å²) in [6.07, 6.45) is 1.95. The van der Waals surface area contributed by atoms with Gasteiger partial charge in [-0.05, 0) is 49.4 Å². The molecule has 1 heterocycles. The maximum atomic E-state index is 12.3. The SMILES string of the molecule is O=S(=O)(CCc1ccccc1)NCC1CCN(CC(O)c2ccccc2)CC1. The van der Waals surface area contributed by atoms with E-state index in [1.807, 2.05) is 60.7 Å². The number of piperidine rings is 1. The maximum absolute atomic E-state index is 12.3. The van der Waals surface area contributed by atoms with Crippen LogP contribution in [-0.2, 0) is 16.4 Å². The molecule has 1 unspecified atom stereocenters. The summed E-state index contributed by atoms with van der Waals surface area (Å²) in [5.41, 5.74) is 1.98. The van der Waals surface area contributed by atoms with Gasteiger partial charge in [0, 0.05) is 13.1 Å². The minimum atomic E-state index is -3.25. The van der Waals surface area contributed by atoms with Gasteiger partial charge in [-0.3, -0.25) is 0 Å². The third-order valence-electron chi connectivity index (χ3n) is 5.42. The number of rotatable bonds is 9. The van der Waals surface area contributed by atoms with Crippen LogP contribution < -0.4 is 4.72 Å². The van der Waals surface area contributed by atoms with Crippen molar-refractivity contribution >= 4 is 10.0 Å². The molecule has 0 aromatic heterocycles. The summed E-state index contributed by atoms with van der Waals surface area (Å²) in [5.74, 6) is 0.482. The van der Waals surface area contributed by atoms with Crippen LogP contribution in [-0.4, -0.2) is 50.4 Å². The number of likely N-dealkylation sites (tertiary alicyclic amines) is 1. The monoisotopic (exact) mass is 402 g/mol. The molecule has 6 heteroatoms. The van der Waals surface area contributed by atoms with Crippen LogP contribution in [0, 0.1) is 5.92 Å². The fourth-order valence-corrected chi connectivity index (χ4v) is 4.75. The molecule has 1 aliphatic rings. The van der Waals surface area contributed by atoms with E-state index in [0.717, 1.165) is 37.1 Å². The molecule has 0 spiro atoms. The minimum absolute atomic E-state index is 0.124. The van der Waals surface area contributed by atoms with Crippen LogP contribution in [0.4, 0.5) is 0 Å². The highest BCUT2D eigenvalue weighted by atomic mass is 32.2. The van der Waals surface area contributed by atoms with Gasteiger partial charge in [-0.2, -0.15) is 0 Å². The van der Waals surface area contributed by atoms with Gasteiger partial charge in [-0.1, -0.05) is 60.7 Å². The van der Waals surface area contributed by atoms with E-state index >= 15 is 0 Å². The molecule has 2 aromatic carbocycles. The van der Waals surface area contributed by atoms with Crippen LogP contribution >= 0.6 is 0 Å². The molecule has 0 saturated carbocycles. The Morgan fingerprint density at radius 1 is 1.00 bits per heavy atom. The van der Waals surface area contributed by atoms with E-state index in [1.54, 1.807) is 0 Å². The summed E-state index contributed by atoms with van der Waals surface area (Å²) in [7, 11) is -3.25. The predicted molar refractivity (Wildman–Crippen MR) is 113 cm³/mol. The first-order valence-electron chi connectivity index (χ1n) is 9.98. The first-order chi connectivity index (χ1) is 13.5. The van der Waals surface area contributed by atoms with Gasteiger partial charge in [-0.25, -0.2) is 13.1 Å². The number of β-amino-alcohol motifs (C(OH)–C–C–N with tert-alkyl or cyclic N) is 1. The zero-order valence-corrected chi connectivity index (χ0v) is 17.0. The van der Waals surface area contributed by atoms with Crippen molar-refractivity contribution in [1.29, 1.82) is 0 Å². The van der Waals surface area contributed by atoms with Crippen molar-refractivity contribution in [1.82, 2.24) is 9.62 Å². The fraction of sp³-hybridized carbons (Fsp3) is 0.455. The Morgan fingerprint density at radius 2 is 1.61 bits per heavy atom. The van der Waals surface area contributed by atoms with E-state index < -0.39 is 16.1 Å². The quantitative estimate of drug-likeness (QED) is 0.676. The highest BCUT2D eigenvalue weighted by Gasteiger charge is 2.23. The lowest BCUT2D eigenvalue weighted by molar-refractivity contribution is 0.0899. The number of aliphatic hydroxyl groups is 1. The van der Waals surface area contributed by atoms with E-state index in [0.29, 0.717) is 25.4 Å². The molecule has 3 rings (SSSR count). The van der Waals surface area contributed by atoms with Gasteiger partial charge in [0.25, 0.3) is 0 Å². The molecular formula is C22H30N2O3S. The van der Waals surface area contributed by atoms with Crippen molar-refractivity contribution in [2.75, 3.05) is 31.9 Å². The summed E-state index contributed by atoms with van der Waals surface area (Å²) < 4.78 is 27.3. The highest BCUT2D eigenvalue weighted by molar-refractivity contribution is 7.89. The van der Waals surface area contributed by atoms with Crippen molar-refractivity contribution in [3.05, 3.63) is 71.8 Å². The average Bonchev–Trinajstić information content (AvgIpc) is 2.73. The van der Waals surface area contributed by atoms with E-state index in [4.69, 9.17) is 0 Å². The number of aryl methyl sites for hydroxylation is 1. The van der Waals surface area contributed by atoms with Gasteiger partial charge in [0.15, 0.2) is 0 Å². The van der Waals surface area contributed by atoms with Crippen molar-refractivity contribution in [2.24, 2.45) is 5.92 Å². The number of hydrogen-bond donors (Lipinski definition) is 2. The lowest BCUT2D eigenvalue weighted by atomic mass is 9.96. The van der Waals surface area contributed by atoms with Crippen LogP contribution in [0.5, 0.6) is 0 Å². The second-order valence-electron chi connectivity index (χ2n) is 7.57. The summed E-state index contributed by atoms with van der Waals surface area (Å²) in [6, 6.07) is 19.4. The standard InChI is InChI=1S/C22H30N2O3S/c25-22(21-9-5-2-6-10-21)18-24-14-11-20(12-15-24)17-23-28(26,27)16-13-19-7-3-1-4-8-19/h1-10,20,22-23,25H,11-18H2. The molecule has 1 fully saturated rings. The molecule has 1 aliphatic heterocycles. The Bertz CT molecular complexity index is 804. The molecular weight excluding hydrogens is 372 g/mol. The normalized spacial score (nSPS) is 17.5. The van der Waals surface area contributed by atoms with Gasteiger partial charge in [0.05, 0.1) is 11.9 Å². The number of nitrogens with one attached hydrogen (secondary N) is 1. The predicted octanol–water partition coefficient (Wildman–Crippen LogP) is 2.59. The summed E-state index contributed by atoms with van der Waals surface area (Å²) in [6.45, 7) is 2.91. The molecule has 1 saturated heterocycles. The van der Waals surface area contributed by atoms with E-state index in [2.05, 4.69) is 9.62 Å². The van der Waals surface area contributed by atoms with Gasteiger partial charge in [0.1, 0.15) is 0 Å². The van der Waals surface area contributed by atoms with Crippen LogP contribution in [0.3, 0.4) is 0 Å². The van der Waals surface area contributed by atoms with Gasteiger partial charge in [0.2, 0.25) is 10.0 Å². The van der Waals surface area contributed by atoms with Crippen molar-refractivity contribution in [3.63, 3.8) is 0 Å². The molecule has 1 atom stereocenters. The van der Waals surface area contributed by atoms with Crippen molar-refractivity contribution < 1.29 is 13.5 Å². The van der Waals surface area contributed by atoms with Crippen LogP contribution in [0.1, 0.15) is 30.1 Å². The summed E-state index contributed by atoms with van der Waals surface area (Å²) in [4.78, 5) is 2.26. The molecule has 0 radical (unpaired) electrons. The Labute approximate surface area is 168 Å². The third kappa shape index (κ3) is 6.71. The minimum Gasteiger partial charge on any atom is -0.387 e. The van der Waals surface area contributed by atoms with Crippen LogP contribution in [0.25, 0.3) is 0 Å². The van der Waals surface area contributed by atoms with Crippen LogP contribution in [0.15, 0.2) is 60.7 Å². The third-order valence-corrected chi connectivity index (χ3v) is 6.76. The van der Waals surface area contributed by atoms with E-state index in [1.165, 1.54) is 0 Å². The lowest BCUT2D eigenvalue weighted by Crippen LogP contribution is -2.40. The van der Waals surface area contributed by atoms with Gasteiger partial charge in [-0.15, -0.1) is 0 Å².